The fourth-order valence-corrected chi connectivity index (χ4v) is 2.12. The molecule has 0 saturated carbocycles. The molecule has 2 aromatic rings. The molecule has 0 bridgehead atoms. The molecule has 1 fully saturated rings. The molecule has 8 nitrogen and oxygen atoms in total. The highest BCUT2D eigenvalue weighted by atomic mass is 16.7. The van der Waals surface area contributed by atoms with Crippen molar-refractivity contribution >= 4 is 11.8 Å². The standard InChI is InChI=1S/C15H15N3O5/c16-11-6-7-18(15(20)17-11)12-8-21-13(23-12)9-22-14(19)10-4-2-1-3-5-10/h1-7,12-13H,8-9H2,(H2,16,17,20)/t12-,13+/m0/s1. The molecule has 1 saturated heterocycles. The van der Waals surface area contributed by atoms with E-state index in [0.29, 0.717) is 5.56 Å². The summed E-state index contributed by atoms with van der Waals surface area (Å²) in [4.78, 5) is 27.2. The van der Waals surface area contributed by atoms with Crippen molar-refractivity contribution in [2.75, 3.05) is 18.9 Å². The van der Waals surface area contributed by atoms with Crippen LogP contribution in [0.2, 0.25) is 0 Å². The van der Waals surface area contributed by atoms with E-state index in [-0.39, 0.29) is 19.0 Å². The Balaban J connectivity index is 1.56. The summed E-state index contributed by atoms with van der Waals surface area (Å²) in [6, 6.07) is 10.1. The van der Waals surface area contributed by atoms with Crippen LogP contribution in [0.1, 0.15) is 16.6 Å². The molecule has 23 heavy (non-hydrogen) atoms. The fourth-order valence-electron chi connectivity index (χ4n) is 2.12. The van der Waals surface area contributed by atoms with Gasteiger partial charge in [-0.05, 0) is 18.2 Å². The van der Waals surface area contributed by atoms with Gasteiger partial charge in [-0.15, -0.1) is 0 Å². The third-order valence-electron chi connectivity index (χ3n) is 3.26. The SMILES string of the molecule is Nc1ccn([C@@H]2CO[C@@H](COC(=O)c3ccccc3)O2)c(=O)n1. The molecule has 1 aromatic carbocycles. The molecule has 0 spiro atoms. The first-order chi connectivity index (χ1) is 11.1. The van der Waals surface area contributed by atoms with Gasteiger partial charge in [-0.25, -0.2) is 9.59 Å². The molecule has 8 heteroatoms. The summed E-state index contributed by atoms with van der Waals surface area (Å²) in [6.07, 6.45) is 0.116. The molecule has 1 aliphatic rings. The quantitative estimate of drug-likeness (QED) is 0.821. The number of carbonyl (C=O) groups is 1. The van der Waals surface area contributed by atoms with E-state index in [2.05, 4.69) is 4.98 Å². The number of nitrogens with two attached hydrogens (primary N) is 1. The summed E-state index contributed by atoms with van der Waals surface area (Å²) in [7, 11) is 0. The van der Waals surface area contributed by atoms with Crippen LogP contribution in [0.4, 0.5) is 5.82 Å². The van der Waals surface area contributed by atoms with Gasteiger partial charge in [-0.1, -0.05) is 18.2 Å². The van der Waals surface area contributed by atoms with E-state index in [1.807, 2.05) is 6.07 Å². The zero-order valence-corrected chi connectivity index (χ0v) is 12.1. The number of rotatable bonds is 4. The van der Waals surface area contributed by atoms with Crippen LogP contribution in [0.25, 0.3) is 0 Å². The zero-order chi connectivity index (χ0) is 16.2. The number of aromatic nitrogens is 2. The lowest BCUT2D eigenvalue weighted by molar-refractivity contribution is -0.103. The van der Waals surface area contributed by atoms with Gasteiger partial charge in [-0.2, -0.15) is 4.98 Å². The Bertz CT molecular complexity index is 746. The minimum Gasteiger partial charge on any atom is -0.457 e. The summed E-state index contributed by atoms with van der Waals surface area (Å²) in [5, 5.41) is 0. The first kappa shape index (κ1) is 15.2. The number of esters is 1. The maximum absolute atomic E-state index is 11.8. The second kappa shape index (κ2) is 6.59. The third kappa shape index (κ3) is 3.55. The van der Waals surface area contributed by atoms with Crippen LogP contribution in [-0.4, -0.2) is 35.0 Å². The second-order valence-corrected chi connectivity index (χ2v) is 4.86. The van der Waals surface area contributed by atoms with Crippen LogP contribution in [0.5, 0.6) is 0 Å². The van der Waals surface area contributed by atoms with Crippen molar-refractivity contribution in [3.63, 3.8) is 0 Å². The minimum atomic E-state index is -0.739. The van der Waals surface area contributed by atoms with Crippen LogP contribution in [0.3, 0.4) is 0 Å². The topological polar surface area (TPSA) is 106 Å². The molecule has 3 rings (SSSR count). The molecule has 2 heterocycles. The minimum absolute atomic E-state index is 0.0681. The van der Waals surface area contributed by atoms with E-state index in [0.717, 1.165) is 0 Å². The van der Waals surface area contributed by atoms with E-state index >= 15 is 0 Å². The van der Waals surface area contributed by atoms with E-state index in [4.69, 9.17) is 19.9 Å². The van der Waals surface area contributed by atoms with Gasteiger partial charge in [0.25, 0.3) is 0 Å². The normalized spacial score (nSPS) is 20.3. The smallest absolute Gasteiger partial charge is 0.351 e. The molecule has 0 unspecified atom stereocenters. The first-order valence-electron chi connectivity index (χ1n) is 6.97. The summed E-state index contributed by atoms with van der Waals surface area (Å²) in [5.74, 6) is -0.328. The van der Waals surface area contributed by atoms with E-state index in [1.165, 1.54) is 16.8 Å². The van der Waals surface area contributed by atoms with Crippen LogP contribution >= 0.6 is 0 Å². The van der Waals surface area contributed by atoms with Crippen LogP contribution in [-0.2, 0) is 14.2 Å². The number of benzene rings is 1. The van der Waals surface area contributed by atoms with Crippen LogP contribution in [0.15, 0.2) is 47.4 Å². The highest BCUT2D eigenvalue weighted by molar-refractivity contribution is 5.89. The number of nitrogen functional groups attached to an aromatic ring is 1. The van der Waals surface area contributed by atoms with Gasteiger partial charge in [0.05, 0.1) is 12.2 Å². The average Bonchev–Trinajstić information content (AvgIpc) is 3.02. The number of anilines is 1. The van der Waals surface area contributed by atoms with E-state index < -0.39 is 24.2 Å². The molecule has 1 aliphatic heterocycles. The first-order valence-corrected chi connectivity index (χ1v) is 6.97. The largest absolute Gasteiger partial charge is 0.457 e. The molecule has 2 N–H and O–H groups in total. The Kier molecular flexibility index (Phi) is 4.35. The van der Waals surface area contributed by atoms with Crippen molar-refractivity contribution in [3.8, 4) is 0 Å². The molecule has 120 valence electrons. The lowest BCUT2D eigenvalue weighted by Crippen LogP contribution is -2.29. The maximum Gasteiger partial charge on any atom is 0.351 e. The van der Waals surface area contributed by atoms with Crippen molar-refractivity contribution in [1.29, 1.82) is 0 Å². The molecular formula is C15H15N3O5. The van der Waals surface area contributed by atoms with Crippen molar-refractivity contribution in [3.05, 3.63) is 58.6 Å². The lowest BCUT2D eigenvalue weighted by Gasteiger charge is -2.13. The number of hydrogen-bond acceptors (Lipinski definition) is 7. The average molecular weight is 317 g/mol. The highest BCUT2D eigenvalue weighted by Crippen LogP contribution is 2.20. The van der Waals surface area contributed by atoms with Crippen LogP contribution in [0, 0.1) is 0 Å². The van der Waals surface area contributed by atoms with Gasteiger partial charge in [-0.3, -0.25) is 4.57 Å². The number of carbonyl (C=O) groups excluding carboxylic acids is 1. The van der Waals surface area contributed by atoms with Crippen molar-refractivity contribution in [2.45, 2.75) is 12.5 Å². The summed E-state index contributed by atoms with van der Waals surface area (Å²) in [5.41, 5.74) is 5.35. The molecule has 0 radical (unpaired) electrons. The Morgan fingerprint density at radius 2 is 2.13 bits per heavy atom. The Labute approximate surface area is 131 Å². The highest BCUT2D eigenvalue weighted by Gasteiger charge is 2.29. The molecular weight excluding hydrogens is 302 g/mol. The maximum atomic E-state index is 11.8. The van der Waals surface area contributed by atoms with E-state index in [1.54, 1.807) is 24.3 Å². The molecule has 2 atom stereocenters. The third-order valence-corrected chi connectivity index (χ3v) is 3.26. The Morgan fingerprint density at radius 1 is 1.35 bits per heavy atom. The molecule has 0 aliphatic carbocycles. The summed E-state index contributed by atoms with van der Waals surface area (Å²) >= 11 is 0. The summed E-state index contributed by atoms with van der Waals surface area (Å²) in [6.45, 7) is 0.0838. The number of nitrogens with zero attached hydrogens (tertiary/aromatic N) is 2. The Hall–Kier alpha value is -2.71. The van der Waals surface area contributed by atoms with Crippen LogP contribution < -0.4 is 11.4 Å². The predicted molar refractivity (Wildman–Crippen MR) is 79.5 cm³/mol. The van der Waals surface area contributed by atoms with Gasteiger partial charge in [0.2, 0.25) is 0 Å². The number of hydrogen-bond donors (Lipinski definition) is 1. The van der Waals surface area contributed by atoms with E-state index in [9.17, 15) is 9.59 Å². The lowest BCUT2D eigenvalue weighted by atomic mass is 10.2. The molecule has 1 aromatic heterocycles. The zero-order valence-electron chi connectivity index (χ0n) is 12.1. The predicted octanol–water partition coefficient (Wildman–Crippen LogP) is 0.554. The summed E-state index contributed by atoms with van der Waals surface area (Å²) < 4.78 is 17.3. The van der Waals surface area contributed by atoms with Crippen molar-refractivity contribution < 1.29 is 19.0 Å². The Morgan fingerprint density at radius 3 is 2.87 bits per heavy atom. The van der Waals surface area contributed by atoms with Gasteiger partial charge in [0.15, 0.2) is 12.5 Å². The van der Waals surface area contributed by atoms with Gasteiger partial charge < -0.3 is 19.9 Å². The van der Waals surface area contributed by atoms with Crippen molar-refractivity contribution in [2.24, 2.45) is 0 Å². The monoisotopic (exact) mass is 317 g/mol. The molecule has 0 amide bonds. The number of ether oxygens (including phenoxy) is 3. The van der Waals surface area contributed by atoms with Gasteiger partial charge >= 0.3 is 11.7 Å². The van der Waals surface area contributed by atoms with Crippen molar-refractivity contribution in [1.82, 2.24) is 9.55 Å². The second-order valence-electron chi connectivity index (χ2n) is 4.86. The van der Waals surface area contributed by atoms with Gasteiger partial charge in [0, 0.05) is 6.20 Å². The van der Waals surface area contributed by atoms with Gasteiger partial charge in [0.1, 0.15) is 12.4 Å². The fraction of sp³-hybridized carbons (Fsp3) is 0.267.